The highest BCUT2D eigenvalue weighted by Gasteiger charge is 1.98. The molecule has 0 saturated heterocycles. The standard InChI is InChI=1S/C49H100O/c1-2-3-4-5-6-7-8-9-10-11-12-13-14-15-16-17-18-19-20-21-22-23-24-25-26-27-28-29-30-31-32-33-34-35-36-37-38-39-40-41-42-43-44-45-46-47-48-49-50/h50H,2-49H2,1H3. The van der Waals surface area contributed by atoms with E-state index in [1.54, 1.807) is 0 Å². The first-order valence-corrected chi connectivity index (χ1v) is 24.5. The van der Waals surface area contributed by atoms with Gasteiger partial charge in [0.15, 0.2) is 0 Å². The van der Waals surface area contributed by atoms with E-state index in [4.69, 9.17) is 5.11 Å². The van der Waals surface area contributed by atoms with Crippen LogP contribution in [0.5, 0.6) is 0 Å². The smallest absolute Gasteiger partial charge is 0.0431 e. The first-order valence-electron chi connectivity index (χ1n) is 24.5. The molecule has 1 N–H and O–H groups in total. The third-order valence-corrected chi connectivity index (χ3v) is 11.8. The highest BCUT2D eigenvalue weighted by atomic mass is 16.2. The molecule has 50 heavy (non-hydrogen) atoms. The van der Waals surface area contributed by atoms with Gasteiger partial charge in [-0.1, -0.05) is 302 Å². The van der Waals surface area contributed by atoms with Crippen LogP contribution in [0.3, 0.4) is 0 Å². The second-order valence-electron chi connectivity index (χ2n) is 17.0. The van der Waals surface area contributed by atoms with Crippen LogP contribution in [0, 0.1) is 0 Å². The van der Waals surface area contributed by atoms with E-state index in [1.165, 1.54) is 295 Å². The van der Waals surface area contributed by atoms with E-state index in [1.807, 2.05) is 0 Å². The lowest BCUT2D eigenvalue weighted by atomic mass is 10.0. The van der Waals surface area contributed by atoms with E-state index in [9.17, 15) is 0 Å². The molecular weight excluding hydrogens is 605 g/mol. The van der Waals surface area contributed by atoms with Crippen molar-refractivity contribution in [1.29, 1.82) is 0 Å². The summed E-state index contributed by atoms with van der Waals surface area (Å²) in [5.74, 6) is 0. The third kappa shape index (κ3) is 48.0. The molecule has 0 atom stereocenters. The quantitative estimate of drug-likeness (QED) is 0.0625. The number of hydrogen-bond acceptors (Lipinski definition) is 1. The molecule has 0 saturated carbocycles. The van der Waals surface area contributed by atoms with E-state index in [0.29, 0.717) is 6.61 Å². The topological polar surface area (TPSA) is 20.2 Å². The van der Waals surface area contributed by atoms with Gasteiger partial charge in [-0.25, -0.2) is 0 Å². The summed E-state index contributed by atoms with van der Waals surface area (Å²) in [7, 11) is 0. The maximum Gasteiger partial charge on any atom is 0.0431 e. The van der Waals surface area contributed by atoms with E-state index < -0.39 is 0 Å². The fourth-order valence-electron chi connectivity index (χ4n) is 8.14. The molecule has 0 unspecified atom stereocenters. The molecule has 0 aliphatic carbocycles. The zero-order valence-electron chi connectivity index (χ0n) is 35.4. The van der Waals surface area contributed by atoms with E-state index in [0.717, 1.165) is 6.42 Å². The largest absolute Gasteiger partial charge is 0.396 e. The Morgan fingerprint density at radius 3 is 0.360 bits per heavy atom. The van der Waals surface area contributed by atoms with Crippen molar-refractivity contribution in [2.24, 2.45) is 0 Å². The molecule has 0 aliphatic heterocycles. The van der Waals surface area contributed by atoms with Crippen LogP contribution in [0.25, 0.3) is 0 Å². The summed E-state index contributed by atoms with van der Waals surface area (Å²) < 4.78 is 0. The number of aliphatic hydroxyl groups is 1. The average Bonchev–Trinajstić information content (AvgIpc) is 3.13. The van der Waals surface area contributed by atoms with Crippen LogP contribution in [-0.4, -0.2) is 11.7 Å². The van der Waals surface area contributed by atoms with Crippen molar-refractivity contribution in [1.82, 2.24) is 0 Å². The van der Waals surface area contributed by atoms with E-state index in [2.05, 4.69) is 6.92 Å². The average molecular weight is 705 g/mol. The summed E-state index contributed by atoms with van der Waals surface area (Å²) in [6, 6.07) is 0. The number of unbranched alkanes of at least 4 members (excludes halogenated alkanes) is 46. The van der Waals surface area contributed by atoms with Gasteiger partial charge >= 0.3 is 0 Å². The molecule has 0 fully saturated rings. The predicted octanol–water partition coefficient (Wildman–Crippen LogP) is 18.3. The van der Waals surface area contributed by atoms with Gasteiger partial charge in [0.1, 0.15) is 0 Å². The normalized spacial score (nSPS) is 11.6. The Hall–Kier alpha value is -0.0400. The number of aliphatic hydroxyl groups excluding tert-OH is 1. The molecular formula is C49H100O. The summed E-state index contributed by atoms with van der Waals surface area (Å²) in [4.78, 5) is 0. The minimum absolute atomic E-state index is 0.375. The molecule has 1 heteroatoms. The molecule has 0 rings (SSSR count). The van der Waals surface area contributed by atoms with Crippen molar-refractivity contribution in [3.63, 3.8) is 0 Å². The Morgan fingerprint density at radius 1 is 0.160 bits per heavy atom. The van der Waals surface area contributed by atoms with Gasteiger partial charge in [0, 0.05) is 6.61 Å². The monoisotopic (exact) mass is 705 g/mol. The summed E-state index contributed by atoms with van der Waals surface area (Å²) in [5, 5.41) is 8.81. The van der Waals surface area contributed by atoms with Crippen LogP contribution in [0.4, 0.5) is 0 Å². The van der Waals surface area contributed by atoms with Crippen LogP contribution in [0.1, 0.15) is 309 Å². The summed E-state index contributed by atoms with van der Waals surface area (Å²) >= 11 is 0. The lowest BCUT2D eigenvalue weighted by Gasteiger charge is -2.05. The van der Waals surface area contributed by atoms with Gasteiger partial charge in [-0.15, -0.1) is 0 Å². The van der Waals surface area contributed by atoms with E-state index >= 15 is 0 Å². The van der Waals surface area contributed by atoms with Gasteiger partial charge < -0.3 is 5.11 Å². The van der Waals surface area contributed by atoms with Crippen LogP contribution in [-0.2, 0) is 0 Å². The van der Waals surface area contributed by atoms with Crippen LogP contribution < -0.4 is 0 Å². The molecule has 0 aromatic heterocycles. The summed E-state index contributed by atoms with van der Waals surface area (Å²) in [6.45, 7) is 2.69. The van der Waals surface area contributed by atoms with Crippen LogP contribution in [0.2, 0.25) is 0 Å². The van der Waals surface area contributed by atoms with Gasteiger partial charge in [0.25, 0.3) is 0 Å². The second kappa shape index (κ2) is 49.0. The summed E-state index contributed by atoms with van der Waals surface area (Å²) in [5.41, 5.74) is 0. The number of hydrogen-bond donors (Lipinski definition) is 1. The predicted molar refractivity (Wildman–Crippen MR) is 230 cm³/mol. The molecule has 0 radical (unpaired) electrons. The fourth-order valence-corrected chi connectivity index (χ4v) is 8.14. The van der Waals surface area contributed by atoms with Gasteiger partial charge in [-0.2, -0.15) is 0 Å². The Labute approximate surface area is 319 Å². The van der Waals surface area contributed by atoms with Crippen molar-refractivity contribution >= 4 is 0 Å². The highest BCUT2D eigenvalue weighted by Crippen LogP contribution is 2.18. The molecule has 0 amide bonds. The SMILES string of the molecule is CCCCCCCCCCCCCCCCCCCCCCCCCCCCCCCCCCCCCCCCCCCCCCCCCO. The van der Waals surface area contributed by atoms with Gasteiger partial charge in [-0.3, -0.25) is 0 Å². The fraction of sp³-hybridized carbons (Fsp3) is 1.00. The van der Waals surface area contributed by atoms with Crippen molar-refractivity contribution < 1.29 is 5.11 Å². The first kappa shape index (κ1) is 50.0. The van der Waals surface area contributed by atoms with E-state index in [-0.39, 0.29) is 0 Å². The Kier molecular flexibility index (Phi) is 48.9. The van der Waals surface area contributed by atoms with Crippen LogP contribution in [0.15, 0.2) is 0 Å². The minimum atomic E-state index is 0.375. The molecule has 302 valence electrons. The lowest BCUT2D eigenvalue weighted by molar-refractivity contribution is 0.282. The Balaban J connectivity index is 3.04. The van der Waals surface area contributed by atoms with Crippen molar-refractivity contribution in [3.8, 4) is 0 Å². The lowest BCUT2D eigenvalue weighted by Crippen LogP contribution is -1.85. The highest BCUT2D eigenvalue weighted by molar-refractivity contribution is 4.54. The molecule has 0 heterocycles. The molecule has 0 bridgehead atoms. The maximum atomic E-state index is 8.81. The van der Waals surface area contributed by atoms with Gasteiger partial charge in [-0.05, 0) is 6.42 Å². The zero-order chi connectivity index (χ0) is 35.9. The van der Waals surface area contributed by atoms with Crippen molar-refractivity contribution in [2.45, 2.75) is 309 Å². The molecule has 0 spiro atoms. The maximum absolute atomic E-state index is 8.81. The van der Waals surface area contributed by atoms with Gasteiger partial charge in [0.2, 0.25) is 0 Å². The third-order valence-electron chi connectivity index (χ3n) is 11.8. The van der Waals surface area contributed by atoms with Crippen LogP contribution >= 0.6 is 0 Å². The van der Waals surface area contributed by atoms with Gasteiger partial charge in [0.05, 0.1) is 0 Å². The van der Waals surface area contributed by atoms with Crippen molar-refractivity contribution in [3.05, 3.63) is 0 Å². The Morgan fingerprint density at radius 2 is 0.260 bits per heavy atom. The number of rotatable bonds is 47. The first-order chi connectivity index (χ1) is 24.9. The minimum Gasteiger partial charge on any atom is -0.396 e. The van der Waals surface area contributed by atoms with Crippen molar-refractivity contribution in [2.75, 3.05) is 6.61 Å². The Bertz CT molecular complexity index is 495. The molecule has 1 nitrogen and oxygen atoms in total. The summed E-state index contributed by atoms with van der Waals surface area (Å²) in [6.07, 6.45) is 68.5. The molecule has 0 aliphatic rings. The zero-order valence-corrected chi connectivity index (χ0v) is 35.4. The molecule has 0 aromatic rings. The second-order valence-corrected chi connectivity index (χ2v) is 17.0. The molecule has 0 aromatic carbocycles.